The summed E-state index contributed by atoms with van der Waals surface area (Å²) in [7, 11) is 0. The number of hydrogen-bond donors (Lipinski definition) is 0. The van der Waals surface area contributed by atoms with E-state index in [0.29, 0.717) is 0 Å². The maximum absolute atomic E-state index is 2.44. The molecule has 0 fully saturated rings. The maximum atomic E-state index is 2.44. The summed E-state index contributed by atoms with van der Waals surface area (Å²) in [5.41, 5.74) is 3.88. The maximum Gasteiger partial charge on any atom is 0.212 e. The van der Waals surface area contributed by atoms with Crippen LogP contribution in [0.3, 0.4) is 0 Å². The van der Waals surface area contributed by atoms with Crippen LogP contribution in [0, 0.1) is 0 Å². The lowest BCUT2D eigenvalue weighted by Gasteiger charge is -2.17. The van der Waals surface area contributed by atoms with Gasteiger partial charge in [-0.25, -0.2) is 0 Å². The van der Waals surface area contributed by atoms with Crippen molar-refractivity contribution in [3.05, 3.63) is 70.7 Å². The lowest BCUT2D eigenvalue weighted by molar-refractivity contribution is -0.669. The minimum Gasteiger partial charge on any atom is -0.335 e. The Labute approximate surface area is 167 Å². The van der Waals surface area contributed by atoms with E-state index >= 15 is 0 Å². The second-order valence-electron chi connectivity index (χ2n) is 6.64. The van der Waals surface area contributed by atoms with E-state index in [1.807, 2.05) is 23.1 Å². The highest BCUT2D eigenvalue weighted by atomic mass is 32.2. The number of fused-ring (bicyclic) bond motifs is 4. The molecule has 0 unspecified atom stereocenters. The Balaban J connectivity index is 1.66. The Morgan fingerprint density at radius 3 is 2.74 bits per heavy atom. The number of aryl methyl sites for hydroxylation is 1. The molecule has 134 valence electrons. The van der Waals surface area contributed by atoms with Crippen molar-refractivity contribution in [2.24, 2.45) is 0 Å². The second-order valence-corrected chi connectivity index (χ2v) is 8.61. The van der Waals surface area contributed by atoms with Crippen molar-refractivity contribution in [2.45, 2.75) is 25.3 Å². The zero-order valence-electron chi connectivity index (χ0n) is 15.5. The number of anilines is 1. The third kappa shape index (κ3) is 2.67. The van der Waals surface area contributed by atoms with Gasteiger partial charge in [0.2, 0.25) is 11.2 Å². The predicted octanol–water partition coefficient (Wildman–Crippen LogP) is 6.29. The summed E-state index contributed by atoms with van der Waals surface area (Å²) >= 11 is 3.72. The molecule has 3 heterocycles. The van der Waals surface area contributed by atoms with Gasteiger partial charge in [0.25, 0.3) is 0 Å². The number of thioether (sulfide) groups is 1. The van der Waals surface area contributed by atoms with Crippen LogP contribution in [0.2, 0.25) is 0 Å². The van der Waals surface area contributed by atoms with E-state index in [1.165, 1.54) is 42.3 Å². The van der Waals surface area contributed by atoms with Crippen molar-refractivity contribution in [1.82, 2.24) is 0 Å². The summed E-state index contributed by atoms with van der Waals surface area (Å²) in [6.07, 6.45) is 2.35. The molecule has 0 N–H and O–H groups in total. The van der Waals surface area contributed by atoms with E-state index in [-0.39, 0.29) is 0 Å². The Hall–Kier alpha value is -2.30. The SMILES string of the molecule is CCN1C(=Cc2ccc3ccccc3[n+]2CC)Sc2c1ccc1sccc21. The fourth-order valence-corrected chi connectivity index (χ4v) is 6.08. The zero-order chi connectivity index (χ0) is 18.4. The van der Waals surface area contributed by atoms with Crippen LogP contribution in [0.1, 0.15) is 19.5 Å². The lowest BCUT2D eigenvalue weighted by Crippen LogP contribution is -2.36. The van der Waals surface area contributed by atoms with Gasteiger partial charge in [0.15, 0.2) is 0 Å². The monoisotopic (exact) mass is 389 g/mol. The predicted molar refractivity (Wildman–Crippen MR) is 118 cm³/mol. The molecular formula is C23H21N2S2+. The molecule has 4 heteroatoms. The van der Waals surface area contributed by atoms with Gasteiger partial charge in [-0.2, -0.15) is 4.57 Å². The van der Waals surface area contributed by atoms with E-state index in [9.17, 15) is 0 Å². The van der Waals surface area contributed by atoms with Crippen molar-refractivity contribution in [1.29, 1.82) is 0 Å². The van der Waals surface area contributed by atoms with Gasteiger partial charge in [-0.05, 0) is 49.6 Å². The Kier molecular flexibility index (Phi) is 4.18. The van der Waals surface area contributed by atoms with Crippen LogP contribution in [-0.4, -0.2) is 6.54 Å². The molecule has 1 aliphatic heterocycles. The van der Waals surface area contributed by atoms with Gasteiger partial charge in [-0.15, -0.1) is 11.3 Å². The Morgan fingerprint density at radius 2 is 1.89 bits per heavy atom. The Bertz CT molecular complexity index is 1190. The van der Waals surface area contributed by atoms with Crippen LogP contribution in [0.25, 0.3) is 27.1 Å². The van der Waals surface area contributed by atoms with E-state index in [0.717, 1.165) is 13.1 Å². The molecule has 0 amide bonds. The molecule has 0 saturated heterocycles. The fraction of sp³-hybridized carbons (Fsp3) is 0.174. The summed E-state index contributed by atoms with van der Waals surface area (Å²) in [6.45, 7) is 6.38. The highest BCUT2D eigenvalue weighted by molar-refractivity contribution is 8.04. The Morgan fingerprint density at radius 1 is 1.00 bits per heavy atom. The highest BCUT2D eigenvalue weighted by Crippen LogP contribution is 2.50. The average molecular weight is 390 g/mol. The largest absolute Gasteiger partial charge is 0.335 e. The van der Waals surface area contributed by atoms with Crippen molar-refractivity contribution in [2.75, 3.05) is 11.4 Å². The summed E-state index contributed by atoms with van der Waals surface area (Å²) < 4.78 is 3.77. The average Bonchev–Trinajstić information content (AvgIpc) is 3.31. The van der Waals surface area contributed by atoms with E-state index in [4.69, 9.17) is 0 Å². The summed E-state index contributed by atoms with van der Waals surface area (Å²) in [5, 5.41) is 6.17. The van der Waals surface area contributed by atoms with Gasteiger partial charge in [0.1, 0.15) is 6.54 Å². The molecule has 0 saturated carbocycles. The molecule has 2 nitrogen and oxygen atoms in total. The minimum absolute atomic E-state index is 0.957. The number of thiophene rings is 1. The summed E-state index contributed by atoms with van der Waals surface area (Å²) in [4.78, 5) is 3.83. The standard InChI is InChI=1S/C23H21N2S2/c1-3-24-17(10-9-16-7-5-6-8-19(16)24)15-22-25(4-2)20-11-12-21-18(13-14-26-21)23(20)27-22/h5-15H,3-4H2,1-2H3/q+1. The quantitative estimate of drug-likeness (QED) is 0.380. The smallest absolute Gasteiger partial charge is 0.212 e. The first kappa shape index (κ1) is 16.8. The van der Waals surface area contributed by atoms with Gasteiger partial charge >= 0.3 is 0 Å². The van der Waals surface area contributed by atoms with Crippen LogP contribution < -0.4 is 9.47 Å². The molecule has 4 aromatic rings. The lowest BCUT2D eigenvalue weighted by atomic mass is 10.2. The third-order valence-corrected chi connectivity index (χ3v) is 7.27. The zero-order valence-corrected chi connectivity index (χ0v) is 17.1. The molecule has 0 radical (unpaired) electrons. The van der Waals surface area contributed by atoms with Crippen LogP contribution >= 0.6 is 23.1 Å². The van der Waals surface area contributed by atoms with Gasteiger partial charge < -0.3 is 4.90 Å². The summed E-state index contributed by atoms with van der Waals surface area (Å²) in [5.74, 6) is 0. The van der Waals surface area contributed by atoms with E-state index in [2.05, 4.69) is 89.4 Å². The van der Waals surface area contributed by atoms with Gasteiger partial charge in [0.05, 0.1) is 10.7 Å². The number of hydrogen-bond acceptors (Lipinski definition) is 3. The number of para-hydroxylation sites is 1. The molecule has 27 heavy (non-hydrogen) atoms. The number of rotatable bonds is 3. The molecule has 1 aliphatic rings. The molecule has 0 bridgehead atoms. The molecule has 0 spiro atoms. The first-order valence-corrected chi connectivity index (χ1v) is 11.1. The first-order chi connectivity index (χ1) is 13.3. The first-order valence-electron chi connectivity index (χ1n) is 9.39. The van der Waals surface area contributed by atoms with Gasteiger partial charge in [-0.1, -0.05) is 23.9 Å². The van der Waals surface area contributed by atoms with E-state index in [1.54, 1.807) is 0 Å². The summed E-state index contributed by atoms with van der Waals surface area (Å²) in [6, 6.07) is 19.9. The van der Waals surface area contributed by atoms with Crippen molar-refractivity contribution in [3.63, 3.8) is 0 Å². The van der Waals surface area contributed by atoms with Crippen LogP contribution in [0.5, 0.6) is 0 Å². The fourth-order valence-electron chi connectivity index (χ4n) is 3.92. The highest BCUT2D eigenvalue weighted by Gasteiger charge is 2.27. The van der Waals surface area contributed by atoms with Gasteiger partial charge in [0, 0.05) is 45.1 Å². The minimum atomic E-state index is 0.957. The van der Waals surface area contributed by atoms with E-state index < -0.39 is 0 Å². The molecule has 2 aromatic carbocycles. The number of nitrogens with zero attached hydrogens (tertiary/aromatic N) is 2. The molecular weight excluding hydrogens is 368 g/mol. The van der Waals surface area contributed by atoms with Gasteiger partial charge in [-0.3, -0.25) is 0 Å². The number of aromatic nitrogens is 1. The number of pyridine rings is 1. The van der Waals surface area contributed by atoms with Crippen LogP contribution in [0.15, 0.2) is 69.9 Å². The number of benzene rings is 2. The molecule has 0 aliphatic carbocycles. The third-order valence-electron chi connectivity index (χ3n) is 5.21. The molecule has 0 atom stereocenters. The van der Waals surface area contributed by atoms with Crippen molar-refractivity contribution >= 4 is 55.9 Å². The second kappa shape index (κ2) is 6.70. The van der Waals surface area contributed by atoms with Crippen molar-refractivity contribution in [3.8, 4) is 0 Å². The normalized spacial score (nSPS) is 15.2. The van der Waals surface area contributed by atoms with Crippen molar-refractivity contribution < 1.29 is 4.57 Å². The van der Waals surface area contributed by atoms with Crippen LogP contribution in [0.4, 0.5) is 5.69 Å². The topological polar surface area (TPSA) is 7.12 Å². The molecule has 5 rings (SSSR count). The molecule has 2 aromatic heterocycles. The van der Waals surface area contributed by atoms with Crippen LogP contribution in [-0.2, 0) is 6.54 Å².